The molecule has 1 saturated heterocycles. The van der Waals surface area contributed by atoms with E-state index in [2.05, 4.69) is 15.2 Å². The van der Waals surface area contributed by atoms with Gasteiger partial charge in [-0.25, -0.2) is 4.98 Å². The average Bonchev–Trinajstić information content (AvgIpc) is 3.15. The van der Waals surface area contributed by atoms with Crippen LogP contribution >= 0.6 is 0 Å². The number of nitrogens with one attached hydrogen (secondary N) is 1. The molecule has 29 heavy (non-hydrogen) atoms. The number of carbonyl (C=O) groups is 3. The number of piperidine rings is 1. The van der Waals surface area contributed by atoms with Crippen molar-refractivity contribution in [1.82, 2.24) is 24.7 Å². The summed E-state index contributed by atoms with van der Waals surface area (Å²) < 4.78 is 2.00. The zero-order valence-corrected chi connectivity index (χ0v) is 17.5. The third-order valence-corrected chi connectivity index (χ3v) is 5.39. The van der Waals surface area contributed by atoms with Crippen LogP contribution < -0.4 is 5.32 Å². The second-order valence-electron chi connectivity index (χ2n) is 7.83. The first-order valence-electron chi connectivity index (χ1n) is 10.3. The summed E-state index contributed by atoms with van der Waals surface area (Å²) in [4.78, 5) is 42.0. The summed E-state index contributed by atoms with van der Waals surface area (Å²) in [5, 5.41) is 9.85. The predicted molar refractivity (Wildman–Crippen MR) is 109 cm³/mol. The number of carboxylic acid groups (broad SMARTS) is 1. The van der Waals surface area contributed by atoms with Crippen molar-refractivity contribution in [3.63, 3.8) is 0 Å². The number of nitrogens with zero attached hydrogens (tertiary/aromatic N) is 4. The van der Waals surface area contributed by atoms with E-state index in [-0.39, 0.29) is 24.2 Å². The zero-order chi connectivity index (χ0) is 21.2. The molecule has 2 aliphatic heterocycles. The fraction of sp³-hybridized carbons (Fsp3) is 0.700. The number of hydrogen-bond donors (Lipinski definition) is 2. The van der Waals surface area contributed by atoms with Gasteiger partial charge < -0.3 is 24.8 Å². The molecule has 1 unspecified atom stereocenters. The van der Waals surface area contributed by atoms with E-state index < -0.39 is 0 Å². The van der Waals surface area contributed by atoms with Gasteiger partial charge in [-0.2, -0.15) is 0 Å². The van der Waals surface area contributed by atoms with E-state index in [9.17, 15) is 9.59 Å². The fourth-order valence-corrected chi connectivity index (χ4v) is 3.91. The van der Waals surface area contributed by atoms with Crippen LogP contribution in [0.2, 0.25) is 0 Å². The Morgan fingerprint density at radius 2 is 2.00 bits per heavy atom. The van der Waals surface area contributed by atoms with Crippen molar-refractivity contribution in [3.8, 4) is 0 Å². The molecule has 0 radical (unpaired) electrons. The summed E-state index contributed by atoms with van der Waals surface area (Å²) in [6, 6.07) is 0. The second-order valence-corrected chi connectivity index (χ2v) is 7.83. The monoisotopic (exact) mass is 407 g/mol. The number of rotatable bonds is 6. The van der Waals surface area contributed by atoms with Crippen molar-refractivity contribution in [2.75, 3.05) is 40.3 Å². The molecule has 0 spiro atoms. The van der Waals surface area contributed by atoms with E-state index in [0.717, 1.165) is 57.4 Å². The number of imidazole rings is 1. The first kappa shape index (κ1) is 22.9. The molecule has 0 saturated carbocycles. The highest BCUT2D eigenvalue weighted by Gasteiger charge is 2.31. The third kappa shape index (κ3) is 6.56. The lowest BCUT2D eigenvalue weighted by molar-refractivity contribution is -0.137. The van der Waals surface area contributed by atoms with Gasteiger partial charge >= 0.3 is 0 Å². The molecule has 2 amide bonds. The van der Waals surface area contributed by atoms with Crippen molar-refractivity contribution in [3.05, 3.63) is 17.7 Å². The summed E-state index contributed by atoms with van der Waals surface area (Å²) in [6.45, 7) is 3.78. The molecule has 162 valence electrons. The maximum atomic E-state index is 12.7. The summed E-state index contributed by atoms with van der Waals surface area (Å²) in [6.07, 6.45) is 7.65. The van der Waals surface area contributed by atoms with Crippen LogP contribution in [0.15, 0.2) is 6.33 Å². The lowest BCUT2D eigenvalue weighted by Crippen LogP contribution is -2.42. The van der Waals surface area contributed by atoms with Gasteiger partial charge in [-0.1, -0.05) is 0 Å². The maximum Gasteiger partial charge on any atom is 0.290 e. The molecule has 2 N–H and O–H groups in total. The molecule has 1 fully saturated rings. The largest absolute Gasteiger partial charge is 0.483 e. The molecule has 3 heterocycles. The molecular weight excluding hydrogens is 374 g/mol. The Hall–Kier alpha value is -2.42. The van der Waals surface area contributed by atoms with Gasteiger partial charge in [0, 0.05) is 26.2 Å². The Labute approximate surface area is 172 Å². The van der Waals surface area contributed by atoms with Crippen molar-refractivity contribution >= 4 is 18.3 Å². The highest BCUT2D eigenvalue weighted by molar-refractivity contribution is 5.93. The number of amides is 2. The van der Waals surface area contributed by atoms with Crippen molar-refractivity contribution < 1.29 is 19.5 Å². The minimum absolute atomic E-state index is 0.0193. The molecule has 3 rings (SSSR count). The van der Waals surface area contributed by atoms with E-state index in [0.29, 0.717) is 18.8 Å². The summed E-state index contributed by atoms with van der Waals surface area (Å²) in [5.74, 6) is 0.197. The minimum Gasteiger partial charge on any atom is -0.483 e. The number of hydrogen-bond acceptors (Lipinski definition) is 5. The highest BCUT2D eigenvalue weighted by atomic mass is 16.3. The standard InChI is InChI=1S/C19H31N5O2.CH2O2/c1-22(2)10-6-9-20-18(25)17-16-8-7-15(13-24(16)14-21-17)19(26)23-11-4-3-5-12-23;2-1-3/h14-15H,3-13H2,1-2H3,(H,20,25);1H,(H,2,3). The SMILES string of the molecule is CN(C)CCCNC(=O)c1ncn2c1CCC(C(=O)N1CCCCC1)C2.O=CO. The molecule has 1 aromatic rings. The maximum absolute atomic E-state index is 12.7. The summed E-state index contributed by atoms with van der Waals surface area (Å²) in [5.41, 5.74) is 1.50. The topological polar surface area (TPSA) is 108 Å². The lowest BCUT2D eigenvalue weighted by atomic mass is 9.94. The van der Waals surface area contributed by atoms with Gasteiger partial charge in [0.2, 0.25) is 5.91 Å². The van der Waals surface area contributed by atoms with E-state index in [1.54, 1.807) is 6.33 Å². The smallest absolute Gasteiger partial charge is 0.290 e. The Balaban J connectivity index is 0.000000941. The van der Waals surface area contributed by atoms with E-state index in [1.165, 1.54) is 6.42 Å². The van der Waals surface area contributed by atoms with E-state index in [1.807, 2.05) is 23.6 Å². The number of aromatic nitrogens is 2. The van der Waals surface area contributed by atoms with Crippen LogP contribution in [-0.2, 0) is 22.6 Å². The summed E-state index contributed by atoms with van der Waals surface area (Å²) in [7, 11) is 4.05. The molecule has 1 aromatic heterocycles. The van der Waals surface area contributed by atoms with Gasteiger partial charge in [0.1, 0.15) is 5.69 Å². The molecular formula is C20H33N5O4. The predicted octanol–water partition coefficient (Wildman–Crippen LogP) is 0.840. The Bertz CT molecular complexity index is 682. The van der Waals surface area contributed by atoms with Gasteiger partial charge in [0.15, 0.2) is 0 Å². The molecule has 9 heteroatoms. The lowest BCUT2D eigenvalue weighted by Gasteiger charge is -2.32. The fourth-order valence-electron chi connectivity index (χ4n) is 3.91. The normalized spacial score (nSPS) is 18.4. The average molecular weight is 408 g/mol. The van der Waals surface area contributed by atoms with Gasteiger partial charge in [0.05, 0.1) is 17.9 Å². The second kappa shape index (κ2) is 11.5. The number of fused-ring (bicyclic) bond motifs is 1. The minimum atomic E-state index is -0.250. The van der Waals surface area contributed by atoms with Crippen molar-refractivity contribution in [2.24, 2.45) is 5.92 Å². The first-order chi connectivity index (χ1) is 14.0. The van der Waals surface area contributed by atoms with Crippen LogP contribution in [-0.4, -0.2) is 83.0 Å². The Morgan fingerprint density at radius 3 is 2.66 bits per heavy atom. The number of carbonyl (C=O) groups excluding carboxylic acids is 2. The van der Waals surface area contributed by atoms with Crippen LogP contribution in [0.3, 0.4) is 0 Å². The van der Waals surface area contributed by atoms with Crippen molar-refractivity contribution in [2.45, 2.75) is 45.1 Å². The molecule has 1 atom stereocenters. The molecule has 0 bridgehead atoms. The quantitative estimate of drug-likeness (QED) is 0.534. The van der Waals surface area contributed by atoms with Gasteiger partial charge in [-0.3, -0.25) is 14.4 Å². The van der Waals surface area contributed by atoms with Gasteiger partial charge in [-0.15, -0.1) is 0 Å². The molecule has 9 nitrogen and oxygen atoms in total. The summed E-state index contributed by atoms with van der Waals surface area (Å²) >= 11 is 0. The van der Waals surface area contributed by atoms with Crippen LogP contribution in [0.1, 0.15) is 48.3 Å². The number of likely N-dealkylation sites (tertiary alicyclic amines) is 1. The molecule has 2 aliphatic rings. The van der Waals surface area contributed by atoms with Crippen LogP contribution in [0.5, 0.6) is 0 Å². The van der Waals surface area contributed by atoms with Crippen LogP contribution in [0.25, 0.3) is 0 Å². The van der Waals surface area contributed by atoms with E-state index in [4.69, 9.17) is 9.90 Å². The van der Waals surface area contributed by atoms with Crippen molar-refractivity contribution in [1.29, 1.82) is 0 Å². The van der Waals surface area contributed by atoms with Crippen LogP contribution in [0, 0.1) is 5.92 Å². The van der Waals surface area contributed by atoms with Gasteiger partial charge in [-0.05, 0) is 59.2 Å². The first-order valence-corrected chi connectivity index (χ1v) is 10.3. The van der Waals surface area contributed by atoms with E-state index >= 15 is 0 Å². The Morgan fingerprint density at radius 1 is 1.31 bits per heavy atom. The molecule has 0 aliphatic carbocycles. The zero-order valence-electron chi connectivity index (χ0n) is 17.5. The van der Waals surface area contributed by atoms with Crippen LogP contribution in [0.4, 0.5) is 0 Å². The molecule has 0 aromatic carbocycles. The Kier molecular flexibility index (Phi) is 9.11. The van der Waals surface area contributed by atoms with Gasteiger partial charge in [0.25, 0.3) is 12.4 Å². The highest BCUT2D eigenvalue weighted by Crippen LogP contribution is 2.25. The third-order valence-electron chi connectivity index (χ3n) is 5.39.